The van der Waals surface area contributed by atoms with E-state index in [1.807, 2.05) is 6.07 Å². The molecule has 0 bridgehead atoms. The van der Waals surface area contributed by atoms with E-state index in [1.54, 1.807) is 24.1 Å². The first-order valence-corrected chi connectivity index (χ1v) is 4.63. The maximum Gasteiger partial charge on any atom is 0.107 e. The highest BCUT2D eigenvalue weighted by Crippen LogP contribution is 2.31. The van der Waals surface area contributed by atoms with Crippen molar-refractivity contribution in [3.8, 4) is 0 Å². The SMILES string of the molecule is CN(CCF)c1cccc(Cl)c1Cl. The van der Waals surface area contributed by atoms with Gasteiger partial charge in [-0.3, -0.25) is 0 Å². The zero-order valence-electron chi connectivity index (χ0n) is 7.23. The first-order valence-electron chi connectivity index (χ1n) is 3.88. The van der Waals surface area contributed by atoms with E-state index in [0.717, 1.165) is 5.69 Å². The molecule has 1 rings (SSSR count). The van der Waals surface area contributed by atoms with Crippen molar-refractivity contribution in [2.75, 3.05) is 25.2 Å². The third kappa shape index (κ3) is 2.48. The maximum atomic E-state index is 12.0. The summed E-state index contributed by atoms with van der Waals surface area (Å²) in [5.74, 6) is 0. The fourth-order valence-corrected chi connectivity index (χ4v) is 1.47. The molecule has 0 aliphatic carbocycles. The summed E-state index contributed by atoms with van der Waals surface area (Å²) in [5, 5.41) is 0.963. The van der Waals surface area contributed by atoms with Crippen molar-refractivity contribution in [2.24, 2.45) is 0 Å². The Balaban J connectivity index is 2.93. The smallest absolute Gasteiger partial charge is 0.107 e. The van der Waals surface area contributed by atoms with Gasteiger partial charge in [-0.05, 0) is 12.1 Å². The second-order valence-corrected chi connectivity index (χ2v) is 3.47. The van der Waals surface area contributed by atoms with Crippen LogP contribution in [0.1, 0.15) is 0 Å². The van der Waals surface area contributed by atoms with Crippen LogP contribution in [0.4, 0.5) is 10.1 Å². The van der Waals surface area contributed by atoms with Crippen LogP contribution in [0.2, 0.25) is 10.0 Å². The van der Waals surface area contributed by atoms with E-state index in [9.17, 15) is 4.39 Å². The summed E-state index contributed by atoms with van der Waals surface area (Å²) in [5.41, 5.74) is 0.756. The largest absolute Gasteiger partial charge is 0.371 e. The van der Waals surface area contributed by atoms with Crippen molar-refractivity contribution in [1.29, 1.82) is 0 Å². The quantitative estimate of drug-likeness (QED) is 0.757. The molecule has 1 aromatic carbocycles. The Labute approximate surface area is 87.1 Å². The topological polar surface area (TPSA) is 3.24 Å². The molecule has 0 radical (unpaired) electrons. The van der Waals surface area contributed by atoms with Crippen LogP contribution in [0.25, 0.3) is 0 Å². The predicted molar refractivity (Wildman–Crippen MR) is 55.7 cm³/mol. The highest BCUT2D eigenvalue weighted by atomic mass is 35.5. The van der Waals surface area contributed by atoms with Crippen molar-refractivity contribution in [2.45, 2.75) is 0 Å². The maximum absolute atomic E-state index is 12.0. The number of alkyl halides is 1. The third-order valence-electron chi connectivity index (χ3n) is 1.76. The second-order valence-electron chi connectivity index (χ2n) is 2.68. The zero-order valence-corrected chi connectivity index (χ0v) is 8.74. The van der Waals surface area contributed by atoms with Gasteiger partial charge in [0.05, 0.1) is 15.7 Å². The van der Waals surface area contributed by atoms with Gasteiger partial charge in [-0.15, -0.1) is 0 Å². The van der Waals surface area contributed by atoms with Crippen LogP contribution in [0.3, 0.4) is 0 Å². The number of hydrogen-bond acceptors (Lipinski definition) is 1. The van der Waals surface area contributed by atoms with E-state index < -0.39 is 6.67 Å². The fraction of sp³-hybridized carbons (Fsp3) is 0.333. The summed E-state index contributed by atoms with van der Waals surface area (Å²) in [7, 11) is 1.77. The number of anilines is 1. The number of halogens is 3. The Hall–Kier alpha value is -0.470. The van der Waals surface area contributed by atoms with Gasteiger partial charge in [0, 0.05) is 13.6 Å². The Morgan fingerprint density at radius 1 is 1.38 bits per heavy atom. The monoisotopic (exact) mass is 221 g/mol. The molecule has 0 atom stereocenters. The molecule has 4 heteroatoms. The van der Waals surface area contributed by atoms with Crippen LogP contribution in [0, 0.1) is 0 Å². The lowest BCUT2D eigenvalue weighted by molar-refractivity contribution is 0.497. The average molecular weight is 222 g/mol. The van der Waals surface area contributed by atoms with Crippen molar-refractivity contribution in [1.82, 2.24) is 0 Å². The standard InChI is InChI=1S/C9H10Cl2FN/c1-13(6-5-12)8-4-2-3-7(10)9(8)11/h2-4H,5-6H2,1H3. The van der Waals surface area contributed by atoms with Crippen molar-refractivity contribution in [3.05, 3.63) is 28.2 Å². The van der Waals surface area contributed by atoms with Crippen LogP contribution in [-0.4, -0.2) is 20.3 Å². The lowest BCUT2D eigenvalue weighted by Crippen LogP contribution is -2.20. The molecular formula is C9H10Cl2FN. The van der Waals surface area contributed by atoms with Gasteiger partial charge in [0.25, 0.3) is 0 Å². The van der Waals surface area contributed by atoms with Gasteiger partial charge in [-0.1, -0.05) is 29.3 Å². The number of rotatable bonds is 3. The minimum absolute atomic E-state index is 0.320. The number of hydrogen-bond donors (Lipinski definition) is 0. The Morgan fingerprint density at radius 2 is 2.08 bits per heavy atom. The first-order chi connectivity index (χ1) is 6.16. The van der Waals surface area contributed by atoms with Crippen molar-refractivity contribution >= 4 is 28.9 Å². The van der Waals surface area contributed by atoms with Crippen LogP contribution in [0.5, 0.6) is 0 Å². The second kappa shape index (κ2) is 4.68. The van der Waals surface area contributed by atoms with E-state index in [2.05, 4.69) is 0 Å². The highest BCUT2D eigenvalue weighted by Gasteiger charge is 2.07. The molecule has 0 N–H and O–H groups in total. The Kier molecular flexibility index (Phi) is 3.82. The van der Waals surface area contributed by atoms with E-state index in [0.29, 0.717) is 16.6 Å². The Morgan fingerprint density at radius 3 is 2.69 bits per heavy atom. The van der Waals surface area contributed by atoms with E-state index in [4.69, 9.17) is 23.2 Å². The van der Waals surface area contributed by atoms with Crippen LogP contribution < -0.4 is 4.90 Å². The lowest BCUT2D eigenvalue weighted by Gasteiger charge is -2.19. The molecule has 0 saturated heterocycles. The lowest BCUT2D eigenvalue weighted by atomic mass is 10.3. The molecule has 1 aromatic rings. The van der Waals surface area contributed by atoms with Gasteiger partial charge in [0.1, 0.15) is 6.67 Å². The van der Waals surface area contributed by atoms with E-state index >= 15 is 0 Å². The van der Waals surface area contributed by atoms with Gasteiger partial charge in [-0.2, -0.15) is 0 Å². The molecule has 0 unspecified atom stereocenters. The molecule has 0 aliphatic heterocycles. The van der Waals surface area contributed by atoms with Crippen molar-refractivity contribution in [3.63, 3.8) is 0 Å². The Bertz CT molecular complexity index is 291. The van der Waals surface area contributed by atoms with Gasteiger partial charge in [0.15, 0.2) is 0 Å². The minimum Gasteiger partial charge on any atom is -0.371 e. The van der Waals surface area contributed by atoms with Gasteiger partial charge < -0.3 is 4.90 Å². The minimum atomic E-state index is -0.403. The molecule has 0 spiro atoms. The summed E-state index contributed by atoms with van der Waals surface area (Å²) in [6.07, 6.45) is 0. The molecule has 1 nitrogen and oxygen atoms in total. The zero-order chi connectivity index (χ0) is 9.84. The molecule has 0 heterocycles. The number of nitrogens with zero attached hydrogens (tertiary/aromatic N) is 1. The average Bonchev–Trinajstić information content (AvgIpc) is 2.10. The summed E-state index contributed by atoms with van der Waals surface area (Å²) in [6, 6.07) is 5.30. The molecular weight excluding hydrogens is 212 g/mol. The number of benzene rings is 1. The van der Waals surface area contributed by atoms with E-state index in [-0.39, 0.29) is 0 Å². The molecule has 0 saturated carbocycles. The first kappa shape index (κ1) is 10.6. The molecule has 13 heavy (non-hydrogen) atoms. The summed E-state index contributed by atoms with van der Waals surface area (Å²) in [4.78, 5) is 1.73. The van der Waals surface area contributed by atoms with Gasteiger partial charge in [-0.25, -0.2) is 4.39 Å². The van der Waals surface area contributed by atoms with Crippen LogP contribution in [0.15, 0.2) is 18.2 Å². The van der Waals surface area contributed by atoms with Crippen LogP contribution in [-0.2, 0) is 0 Å². The predicted octanol–water partition coefficient (Wildman–Crippen LogP) is 3.40. The molecule has 0 aliphatic rings. The van der Waals surface area contributed by atoms with E-state index in [1.165, 1.54) is 0 Å². The highest BCUT2D eigenvalue weighted by molar-refractivity contribution is 6.43. The molecule has 0 fully saturated rings. The fourth-order valence-electron chi connectivity index (χ4n) is 1.03. The normalized spacial score (nSPS) is 10.2. The van der Waals surface area contributed by atoms with Crippen molar-refractivity contribution < 1.29 is 4.39 Å². The van der Waals surface area contributed by atoms with Crippen LogP contribution >= 0.6 is 23.2 Å². The van der Waals surface area contributed by atoms with Gasteiger partial charge >= 0.3 is 0 Å². The molecule has 72 valence electrons. The molecule has 0 amide bonds. The summed E-state index contributed by atoms with van der Waals surface area (Å²) < 4.78 is 12.0. The third-order valence-corrected chi connectivity index (χ3v) is 2.57. The summed E-state index contributed by atoms with van der Waals surface area (Å²) in [6.45, 7) is -0.0839. The van der Waals surface area contributed by atoms with Gasteiger partial charge in [0.2, 0.25) is 0 Å². The molecule has 0 aromatic heterocycles. The summed E-state index contributed by atoms with van der Waals surface area (Å²) >= 11 is 11.7.